The lowest BCUT2D eigenvalue weighted by Gasteiger charge is -2.30. The van der Waals surface area contributed by atoms with E-state index in [-0.39, 0.29) is 5.91 Å². The highest BCUT2D eigenvalue weighted by Crippen LogP contribution is 2.48. The van der Waals surface area contributed by atoms with Crippen LogP contribution in [0, 0.1) is 11.3 Å². The van der Waals surface area contributed by atoms with Gasteiger partial charge in [0.1, 0.15) is 11.1 Å². The Balaban J connectivity index is 1.82. The molecule has 1 heterocycles. The monoisotopic (exact) mass is 488 g/mol. The summed E-state index contributed by atoms with van der Waals surface area (Å²) in [5.74, 6) is -0.311. The maximum absolute atomic E-state index is 13.0. The van der Waals surface area contributed by atoms with Crippen LogP contribution in [0.3, 0.4) is 0 Å². The van der Waals surface area contributed by atoms with Crippen LogP contribution in [0.1, 0.15) is 5.56 Å². The van der Waals surface area contributed by atoms with Crippen molar-refractivity contribution in [3.05, 3.63) is 132 Å². The lowest BCUT2D eigenvalue weighted by molar-refractivity contribution is -0.113. The molecule has 0 spiro atoms. The Morgan fingerprint density at radius 2 is 1.14 bits per heavy atom. The molecular formula is C30H21N2OPS. The lowest BCUT2D eigenvalue weighted by Crippen LogP contribution is -2.32. The van der Waals surface area contributed by atoms with Gasteiger partial charge in [-0.1, -0.05) is 133 Å². The van der Waals surface area contributed by atoms with E-state index in [1.165, 1.54) is 11.8 Å². The summed E-state index contributed by atoms with van der Waals surface area (Å²) in [6.45, 7) is -2.62. The van der Waals surface area contributed by atoms with E-state index in [0.29, 0.717) is 15.2 Å². The number of thioether (sulfide) groups is 1. The quantitative estimate of drug-likeness (QED) is 0.280. The third-order valence-corrected chi connectivity index (χ3v) is 11.1. The number of rotatable bonds is 5. The molecule has 5 heteroatoms. The summed E-state index contributed by atoms with van der Waals surface area (Å²) in [6.07, 6.45) is 1.84. The topological polar surface area (TPSA) is 53.2 Å². The highest BCUT2D eigenvalue weighted by atomic mass is 32.2. The van der Waals surface area contributed by atoms with E-state index in [1.807, 2.05) is 91.0 Å². The fourth-order valence-corrected chi connectivity index (χ4v) is 9.64. The van der Waals surface area contributed by atoms with E-state index in [2.05, 4.69) is 47.5 Å². The minimum absolute atomic E-state index is 0.311. The van der Waals surface area contributed by atoms with Gasteiger partial charge < -0.3 is 0 Å². The normalized spacial score (nSPS) is 14.4. The molecule has 0 saturated heterocycles. The average molecular weight is 489 g/mol. The van der Waals surface area contributed by atoms with Gasteiger partial charge in [0, 0.05) is 0 Å². The van der Waals surface area contributed by atoms with Crippen LogP contribution < -0.4 is 15.9 Å². The molecule has 4 aromatic rings. The number of carbonyl (C=O) groups excluding carboxylic acids is 1. The fourth-order valence-electron chi connectivity index (χ4n) is 4.27. The van der Waals surface area contributed by atoms with E-state index in [9.17, 15) is 10.1 Å². The molecule has 5 rings (SSSR count). The summed E-state index contributed by atoms with van der Waals surface area (Å²) in [4.78, 5) is 17.9. The lowest BCUT2D eigenvalue weighted by atomic mass is 10.2. The molecule has 35 heavy (non-hydrogen) atoms. The van der Waals surface area contributed by atoms with Gasteiger partial charge in [-0.2, -0.15) is 5.26 Å². The van der Waals surface area contributed by atoms with Gasteiger partial charge in [-0.25, -0.2) is 4.99 Å². The summed E-state index contributed by atoms with van der Waals surface area (Å²) in [5, 5.41) is 14.8. The highest BCUT2D eigenvalue weighted by molar-refractivity contribution is 8.22. The maximum Gasteiger partial charge on any atom is 0.284 e. The van der Waals surface area contributed by atoms with Crippen LogP contribution in [-0.2, 0) is 4.79 Å². The molecule has 4 aromatic carbocycles. The number of nitrogens with zero attached hydrogens (tertiary/aromatic N) is 2. The number of hydrogen-bond acceptors (Lipinski definition) is 3. The molecule has 1 aliphatic rings. The van der Waals surface area contributed by atoms with E-state index in [0.717, 1.165) is 21.5 Å². The van der Waals surface area contributed by atoms with Crippen molar-refractivity contribution in [2.45, 2.75) is 0 Å². The Hall–Kier alpha value is -3.90. The zero-order chi connectivity index (χ0) is 24.1. The van der Waals surface area contributed by atoms with Crippen molar-refractivity contribution >= 4 is 56.9 Å². The van der Waals surface area contributed by atoms with E-state index >= 15 is 0 Å². The van der Waals surface area contributed by atoms with Crippen molar-refractivity contribution in [2.24, 2.45) is 4.99 Å². The number of nitriles is 1. The molecule has 3 nitrogen and oxygen atoms in total. The molecule has 0 aromatic heterocycles. The van der Waals surface area contributed by atoms with Crippen molar-refractivity contribution in [2.75, 3.05) is 0 Å². The molecule has 0 bridgehead atoms. The molecule has 0 aliphatic carbocycles. The number of benzene rings is 4. The first-order valence-corrected chi connectivity index (χ1v) is 13.8. The minimum atomic E-state index is -2.62. The van der Waals surface area contributed by atoms with E-state index in [4.69, 9.17) is 0 Å². The summed E-state index contributed by atoms with van der Waals surface area (Å²) < 4.78 is 0. The smallest absolute Gasteiger partial charge is 0.266 e. The molecule has 0 N–H and O–H groups in total. The number of aliphatic imine (C=N–C) groups is 1. The molecule has 0 fully saturated rings. The summed E-state index contributed by atoms with van der Waals surface area (Å²) in [6, 6.07) is 42.6. The van der Waals surface area contributed by atoms with Gasteiger partial charge in [0.05, 0.1) is 10.2 Å². The van der Waals surface area contributed by atoms with Gasteiger partial charge in [0.15, 0.2) is 0 Å². The third-order valence-electron chi connectivity index (χ3n) is 5.79. The Kier molecular flexibility index (Phi) is 6.64. The first-order valence-electron chi connectivity index (χ1n) is 11.1. The van der Waals surface area contributed by atoms with E-state index < -0.39 is 6.89 Å². The van der Waals surface area contributed by atoms with Crippen LogP contribution in [0.4, 0.5) is 0 Å². The summed E-state index contributed by atoms with van der Waals surface area (Å²) in [7, 11) is 0. The summed E-state index contributed by atoms with van der Waals surface area (Å²) >= 11 is 1.29. The van der Waals surface area contributed by atoms with Crippen LogP contribution in [0.25, 0.3) is 6.08 Å². The molecule has 168 valence electrons. The standard InChI is InChI=1S/C30H21N2OPS/c31-22-27(30-32-29(33)28(35-30)21-23-13-5-1-6-14-23)34(24-15-7-2-8-16-24,25-17-9-3-10-18-25)26-19-11-4-12-20-26/h1-21H/b28-21+. The van der Waals surface area contributed by atoms with Crippen LogP contribution in [0.2, 0.25) is 0 Å². The molecule has 0 radical (unpaired) electrons. The van der Waals surface area contributed by atoms with Gasteiger partial charge in [0.2, 0.25) is 0 Å². The number of amides is 1. The summed E-state index contributed by atoms with van der Waals surface area (Å²) in [5.41, 5.74) is 0.925. The van der Waals surface area contributed by atoms with Gasteiger partial charge in [-0.3, -0.25) is 4.79 Å². The van der Waals surface area contributed by atoms with Crippen LogP contribution >= 0.6 is 18.6 Å². The minimum Gasteiger partial charge on any atom is -0.266 e. The maximum atomic E-state index is 13.0. The Morgan fingerprint density at radius 3 is 1.57 bits per heavy atom. The largest absolute Gasteiger partial charge is 0.284 e. The molecule has 0 saturated carbocycles. The van der Waals surface area contributed by atoms with Crippen molar-refractivity contribution in [3.63, 3.8) is 0 Å². The van der Waals surface area contributed by atoms with Gasteiger partial charge in [-0.05, 0) is 34.4 Å². The number of hydrogen-bond donors (Lipinski definition) is 0. The van der Waals surface area contributed by atoms with Crippen LogP contribution in [0.5, 0.6) is 0 Å². The molecule has 0 atom stereocenters. The second-order valence-corrected chi connectivity index (χ2v) is 12.3. The Labute approximate surface area is 209 Å². The molecular weight excluding hydrogens is 467 g/mol. The first-order chi connectivity index (χ1) is 17.2. The van der Waals surface area contributed by atoms with Crippen molar-refractivity contribution < 1.29 is 4.79 Å². The third kappa shape index (κ3) is 4.33. The Bertz CT molecular complexity index is 1420. The predicted octanol–water partition coefficient (Wildman–Crippen LogP) is 5.39. The zero-order valence-electron chi connectivity index (χ0n) is 18.8. The predicted molar refractivity (Wildman–Crippen MR) is 150 cm³/mol. The molecule has 1 aliphatic heterocycles. The van der Waals surface area contributed by atoms with Gasteiger partial charge >= 0.3 is 0 Å². The van der Waals surface area contributed by atoms with Crippen molar-refractivity contribution in [1.29, 1.82) is 5.26 Å². The van der Waals surface area contributed by atoms with Crippen molar-refractivity contribution in [3.8, 4) is 6.07 Å². The van der Waals surface area contributed by atoms with Crippen LogP contribution in [0.15, 0.2) is 131 Å². The SMILES string of the molecule is N#CC(C1=NC(=O)/C(=C\c2ccccc2)S1)=P(c1ccccc1)(c1ccccc1)c1ccccc1. The zero-order valence-corrected chi connectivity index (χ0v) is 20.5. The van der Waals surface area contributed by atoms with Gasteiger partial charge in [-0.15, -0.1) is 0 Å². The highest BCUT2D eigenvalue weighted by Gasteiger charge is 2.35. The van der Waals surface area contributed by atoms with E-state index in [1.54, 1.807) is 0 Å². The number of carbonyl (C=O) groups is 1. The molecule has 1 amide bonds. The fraction of sp³-hybridized carbons (Fsp3) is 0. The van der Waals surface area contributed by atoms with Crippen LogP contribution in [-0.4, -0.2) is 16.2 Å². The average Bonchev–Trinajstić information content (AvgIpc) is 3.28. The first kappa shape index (κ1) is 22.9. The molecule has 0 unspecified atom stereocenters. The Morgan fingerprint density at radius 1 is 0.714 bits per heavy atom. The van der Waals surface area contributed by atoms with Crippen molar-refractivity contribution in [1.82, 2.24) is 0 Å². The second-order valence-electron chi connectivity index (χ2n) is 7.88. The van der Waals surface area contributed by atoms with Gasteiger partial charge in [0.25, 0.3) is 5.91 Å². The second kappa shape index (κ2) is 10.2.